The van der Waals surface area contributed by atoms with Gasteiger partial charge >= 0.3 is 5.97 Å². The first-order valence-corrected chi connectivity index (χ1v) is 8.54. The Labute approximate surface area is 122 Å². The third-order valence-electron chi connectivity index (χ3n) is 3.56. The van der Waals surface area contributed by atoms with E-state index in [-0.39, 0.29) is 0 Å². The number of aliphatic carboxylic acids is 1. The van der Waals surface area contributed by atoms with Crippen molar-refractivity contribution in [2.24, 2.45) is 5.92 Å². The normalized spacial score (nSPS) is 17.4. The molecule has 19 heavy (non-hydrogen) atoms. The largest absolute Gasteiger partial charge is 0.481 e. The van der Waals surface area contributed by atoms with Crippen LogP contribution < -0.4 is 5.32 Å². The van der Waals surface area contributed by atoms with Gasteiger partial charge in [-0.2, -0.15) is 11.8 Å². The van der Waals surface area contributed by atoms with E-state index in [9.17, 15) is 9.90 Å². The van der Waals surface area contributed by atoms with Crippen LogP contribution in [-0.2, 0) is 10.2 Å². The van der Waals surface area contributed by atoms with Gasteiger partial charge in [0.1, 0.15) is 5.41 Å². The minimum absolute atomic E-state index is 0.631. The fourth-order valence-corrected chi connectivity index (χ4v) is 4.03. The van der Waals surface area contributed by atoms with Gasteiger partial charge in [0.2, 0.25) is 0 Å². The maximum atomic E-state index is 11.2. The first kappa shape index (κ1) is 14.7. The number of nitrogens with zero attached hydrogens (tertiary/aromatic N) is 1. The SMILES string of the molecule is CC(C)(C(=O)O)c1csc(NCC2CCSCC2)n1. The molecule has 2 N–H and O–H groups in total. The van der Waals surface area contributed by atoms with Crippen LogP contribution >= 0.6 is 23.1 Å². The van der Waals surface area contributed by atoms with Crippen LogP contribution in [0.3, 0.4) is 0 Å². The van der Waals surface area contributed by atoms with Gasteiger partial charge < -0.3 is 10.4 Å². The lowest BCUT2D eigenvalue weighted by Gasteiger charge is -2.21. The number of thioether (sulfide) groups is 1. The Morgan fingerprint density at radius 3 is 2.84 bits per heavy atom. The molecule has 0 bridgehead atoms. The zero-order valence-corrected chi connectivity index (χ0v) is 12.9. The van der Waals surface area contributed by atoms with Crippen molar-refractivity contribution in [3.05, 3.63) is 11.1 Å². The molecule has 6 heteroatoms. The van der Waals surface area contributed by atoms with Gasteiger partial charge in [-0.15, -0.1) is 11.3 Å². The molecule has 1 aliphatic rings. The van der Waals surface area contributed by atoms with Crippen LogP contribution in [0, 0.1) is 5.92 Å². The first-order valence-electron chi connectivity index (χ1n) is 6.51. The lowest BCUT2D eigenvalue weighted by atomic mass is 9.90. The second kappa shape index (κ2) is 6.13. The maximum Gasteiger partial charge on any atom is 0.315 e. The van der Waals surface area contributed by atoms with Crippen molar-refractivity contribution >= 4 is 34.2 Å². The van der Waals surface area contributed by atoms with Crippen molar-refractivity contribution in [2.45, 2.75) is 32.1 Å². The number of thiazole rings is 1. The number of carboxylic acid groups (broad SMARTS) is 1. The monoisotopic (exact) mass is 300 g/mol. The molecule has 0 atom stereocenters. The summed E-state index contributed by atoms with van der Waals surface area (Å²) in [5.41, 5.74) is -0.288. The van der Waals surface area contributed by atoms with E-state index in [2.05, 4.69) is 10.3 Å². The standard InChI is InChI=1S/C13H20N2O2S2/c1-13(2,11(16)17)10-8-19-12(15-10)14-7-9-3-5-18-6-4-9/h8-9H,3-7H2,1-2H3,(H,14,15)(H,16,17). The van der Waals surface area contributed by atoms with E-state index in [4.69, 9.17) is 0 Å². The number of hydrogen-bond donors (Lipinski definition) is 2. The molecule has 0 amide bonds. The molecular formula is C13H20N2O2S2. The highest BCUT2D eigenvalue weighted by atomic mass is 32.2. The van der Waals surface area contributed by atoms with Crippen LogP contribution in [0.1, 0.15) is 32.4 Å². The van der Waals surface area contributed by atoms with Gasteiger partial charge in [0, 0.05) is 11.9 Å². The number of aromatic nitrogens is 1. The van der Waals surface area contributed by atoms with E-state index in [0.29, 0.717) is 5.69 Å². The molecule has 0 unspecified atom stereocenters. The Bertz CT molecular complexity index is 440. The third kappa shape index (κ3) is 3.63. The third-order valence-corrected chi connectivity index (χ3v) is 5.41. The summed E-state index contributed by atoms with van der Waals surface area (Å²) in [7, 11) is 0. The van der Waals surface area contributed by atoms with Crippen molar-refractivity contribution in [3.8, 4) is 0 Å². The van der Waals surface area contributed by atoms with Crippen molar-refractivity contribution in [1.82, 2.24) is 4.98 Å². The Kier molecular flexibility index (Phi) is 4.73. The van der Waals surface area contributed by atoms with E-state index in [1.54, 1.807) is 13.8 Å². The summed E-state index contributed by atoms with van der Waals surface area (Å²) in [5.74, 6) is 2.39. The van der Waals surface area contributed by atoms with Crippen LogP contribution in [0.4, 0.5) is 5.13 Å². The molecule has 1 aromatic heterocycles. The maximum absolute atomic E-state index is 11.2. The van der Waals surface area contributed by atoms with Gasteiger partial charge in [0.15, 0.2) is 5.13 Å². The molecule has 106 valence electrons. The summed E-state index contributed by atoms with van der Waals surface area (Å²) in [5, 5.41) is 15.2. The van der Waals surface area contributed by atoms with Crippen molar-refractivity contribution < 1.29 is 9.90 Å². The first-order chi connectivity index (χ1) is 9.00. The molecular weight excluding hydrogens is 280 g/mol. The predicted octanol–water partition coefficient (Wildman–Crippen LogP) is 3.06. The smallest absolute Gasteiger partial charge is 0.315 e. The van der Waals surface area contributed by atoms with E-state index >= 15 is 0 Å². The molecule has 2 rings (SSSR count). The Hall–Kier alpha value is -0.750. The van der Waals surface area contributed by atoms with E-state index in [1.807, 2.05) is 17.1 Å². The van der Waals surface area contributed by atoms with Gasteiger partial charge in [-0.1, -0.05) is 0 Å². The Morgan fingerprint density at radius 2 is 2.21 bits per heavy atom. The van der Waals surface area contributed by atoms with Crippen LogP contribution in [0.5, 0.6) is 0 Å². The Balaban J connectivity index is 1.92. The second-order valence-electron chi connectivity index (χ2n) is 5.40. The molecule has 0 aliphatic carbocycles. The number of carboxylic acids is 1. The van der Waals surface area contributed by atoms with Crippen LogP contribution in [0.25, 0.3) is 0 Å². The minimum Gasteiger partial charge on any atom is -0.481 e. The molecule has 2 heterocycles. The van der Waals surface area contributed by atoms with Crippen LogP contribution in [-0.4, -0.2) is 34.1 Å². The fraction of sp³-hybridized carbons (Fsp3) is 0.692. The lowest BCUT2D eigenvalue weighted by molar-refractivity contribution is -0.142. The molecule has 1 fully saturated rings. The van der Waals surface area contributed by atoms with E-state index in [0.717, 1.165) is 17.6 Å². The van der Waals surface area contributed by atoms with Crippen LogP contribution in [0.2, 0.25) is 0 Å². The van der Waals surface area contributed by atoms with Gasteiger partial charge in [0.25, 0.3) is 0 Å². The molecule has 1 saturated heterocycles. The van der Waals surface area contributed by atoms with Gasteiger partial charge in [-0.05, 0) is 44.1 Å². The highest BCUT2D eigenvalue weighted by molar-refractivity contribution is 7.99. The van der Waals surface area contributed by atoms with Crippen molar-refractivity contribution in [2.75, 3.05) is 23.4 Å². The molecule has 1 aromatic rings. The summed E-state index contributed by atoms with van der Waals surface area (Å²) in [4.78, 5) is 15.6. The van der Waals surface area contributed by atoms with E-state index in [1.165, 1.54) is 35.7 Å². The average Bonchev–Trinajstić information content (AvgIpc) is 2.87. The molecule has 0 aromatic carbocycles. The fourth-order valence-electron chi connectivity index (χ4n) is 1.93. The number of rotatable bonds is 5. The number of nitrogens with one attached hydrogen (secondary N) is 1. The molecule has 4 nitrogen and oxygen atoms in total. The summed E-state index contributed by atoms with van der Waals surface area (Å²) in [6.07, 6.45) is 2.52. The minimum atomic E-state index is -0.919. The van der Waals surface area contributed by atoms with Gasteiger partial charge in [0.05, 0.1) is 5.69 Å². The molecule has 0 spiro atoms. The highest BCUT2D eigenvalue weighted by Crippen LogP contribution is 2.28. The summed E-state index contributed by atoms with van der Waals surface area (Å²) >= 11 is 3.52. The van der Waals surface area contributed by atoms with E-state index < -0.39 is 11.4 Å². The lowest BCUT2D eigenvalue weighted by Crippen LogP contribution is -2.28. The quantitative estimate of drug-likeness (QED) is 0.875. The Morgan fingerprint density at radius 1 is 1.53 bits per heavy atom. The average molecular weight is 300 g/mol. The van der Waals surface area contributed by atoms with Crippen molar-refractivity contribution in [3.63, 3.8) is 0 Å². The van der Waals surface area contributed by atoms with Gasteiger partial charge in [-0.25, -0.2) is 4.98 Å². The summed E-state index contributed by atoms with van der Waals surface area (Å²) < 4.78 is 0. The number of anilines is 1. The topological polar surface area (TPSA) is 62.2 Å². The number of hydrogen-bond acceptors (Lipinski definition) is 5. The molecule has 1 aliphatic heterocycles. The second-order valence-corrected chi connectivity index (χ2v) is 7.49. The zero-order valence-electron chi connectivity index (χ0n) is 11.3. The van der Waals surface area contributed by atoms with Crippen LogP contribution in [0.15, 0.2) is 5.38 Å². The predicted molar refractivity (Wildman–Crippen MR) is 81.3 cm³/mol. The van der Waals surface area contributed by atoms with Gasteiger partial charge in [-0.3, -0.25) is 4.79 Å². The molecule has 0 radical (unpaired) electrons. The molecule has 0 saturated carbocycles. The highest BCUT2D eigenvalue weighted by Gasteiger charge is 2.32. The zero-order chi connectivity index (χ0) is 13.9. The summed E-state index contributed by atoms with van der Waals surface area (Å²) in [6, 6.07) is 0. The number of carbonyl (C=O) groups is 1. The summed E-state index contributed by atoms with van der Waals surface area (Å²) in [6.45, 7) is 4.32. The van der Waals surface area contributed by atoms with Crippen molar-refractivity contribution in [1.29, 1.82) is 0 Å².